The first-order valence-electron chi connectivity index (χ1n) is 7.92. The predicted molar refractivity (Wildman–Crippen MR) is 95.1 cm³/mol. The summed E-state index contributed by atoms with van der Waals surface area (Å²) < 4.78 is 1.82. The highest BCUT2D eigenvalue weighted by molar-refractivity contribution is 5.86. The maximum Gasteiger partial charge on any atom is 0.241 e. The molecule has 0 radical (unpaired) electrons. The third-order valence-electron chi connectivity index (χ3n) is 3.31. The Kier molecular flexibility index (Phi) is 6.36. The first kappa shape index (κ1) is 17.5. The second-order valence-corrected chi connectivity index (χ2v) is 5.42. The lowest BCUT2D eigenvalue weighted by atomic mass is 10.3. The summed E-state index contributed by atoms with van der Waals surface area (Å²) in [4.78, 5) is 17.7. The highest BCUT2D eigenvalue weighted by Gasteiger charge is 2.06. The Bertz CT molecular complexity index is 677. The normalized spacial score (nSPS) is 11.2. The summed E-state index contributed by atoms with van der Waals surface area (Å²) in [7, 11) is 3.45. The van der Waals surface area contributed by atoms with Gasteiger partial charge in [-0.3, -0.25) is 4.79 Å². The lowest BCUT2D eigenvalue weighted by molar-refractivity contribution is -0.127. The molecule has 2 aromatic rings. The van der Waals surface area contributed by atoms with Crippen LogP contribution < -0.4 is 10.6 Å². The van der Waals surface area contributed by atoms with Crippen molar-refractivity contribution in [2.24, 2.45) is 4.99 Å². The number of likely N-dealkylation sites (N-methyl/N-ethyl adjacent to an activating group) is 1. The molecule has 1 aromatic heterocycles. The van der Waals surface area contributed by atoms with E-state index in [-0.39, 0.29) is 12.5 Å². The van der Waals surface area contributed by atoms with Crippen LogP contribution in [0.4, 0.5) is 0 Å². The number of carbonyl (C=O) groups is 1. The van der Waals surface area contributed by atoms with Crippen LogP contribution >= 0.6 is 0 Å². The molecule has 0 saturated heterocycles. The molecule has 2 rings (SSSR count). The minimum absolute atomic E-state index is 0.00559. The number of carbonyl (C=O) groups excluding carboxylic acids is 1. The fraction of sp³-hybridized carbons (Fsp3) is 0.353. The van der Waals surface area contributed by atoms with Gasteiger partial charge in [0.05, 0.1) is 24.5 Å². The number of nitrogens with one attached hydrogen (secondary N) is 2. The Hall–Kier alpha value is -2.83. The Labute approximate surface area is 142 Å². The van der Waals surface area contributed by atoms with Crippen molar-refractivity contribution in [2.45, 2.75) is 13.5 Å². The van der Waals surface area contributed by atoms with Gasteiger partial charge in [-0.1, -0.05) is 18.2 Å². The quantitative estimate of drug-likeness (QED) is 0.613. The Balaban J connectivity index is 1.98. The third kappa shape index (κ3) is 5.12. The maximum absolute atomic E-state index is 11.7. The number of nitrogens with zero attached hydrogens (tertiary/aromatic N) is 4. The highest BCUT2D eigenvalue weighted by Crippen LogP contribution is 2.07. The molecule has 0 bridgehead atoms. The molecule has 0 aliphatic rings. The zero-order valence-electron chi connectivity index (χ0n) is 14.4. The van der Waals surface area contributed by atoms with Crippen LogP contribution in [0.1, 0.15) is 12.6 Å². The van der Waals surface area contributed by atoms with Gasteiger partial charge in [0, 0.05) is 26.8 Å². The monoisotopic (exact) mass is 328 g/mol. The highest BCUT2D eigenvalue weighted by atomic mass is 16.2. The summed E-state index contributed by atoms with van der Waals surface area (Å²) in [6.45, 7) is 3.35. The summed E-state index contributed by atoms with van der Waals surface area (Å²) in [5.41, 5.74) is 1.87. The summed E-state index contributed by atoms with van der Waals surface area (Å²) in [5, 5.41) is 10.7. The number of aromatic nitrogens is 2. The fourth-order valence-corrected chi connectivity index (χ4v) is 1.99. The van der Waals surface area contributed by atoms with Crippen molar-refractivity contribution < 1.29 is 4.79 Å². The standard InChI is InChI=1S/C17H24N6O/c1-4-18-17(20-13-16(24)22(2)3)19-12-14-10-11-23(21-14)15-8-6-5-7-9-15/h5-11H,4,12-13H2,1-3H3,(H2,18,19,20). The van der Waals surface area contributed by atoms with Crippen molar-refractivity contribution in [3.63, 3.8) is 0 Å². The first-order chi connectivity index (χ1) is 11.6. The largest absolute Gasteiger partial charge is 0.357 e. The Morgan fingerprint density at radius 1 is 1.21 bits per heavy atom. The summed E-state index contributed by atoms with van der Waals surface area (Å²) in [6.07, 6.45) is 1.91. The van der Waals surface area contributed by atoms with Gasteiger partial charge >= 0.3 is 0 Å². The fourth-order valence-electron chi connectivity index (χ4n) is 1.99. The van der Waals surface area contributed by atoms with Crippen molar-refractivity contribution in [2.75, 3.05) is 27.2 Å². The molecule has 128 valence electrons. The molecule has 7 heteroatoms. The molecule has 0 atom stereocenters. The van der Waals surface area contributed by atoms with E-state index in [1.165, 1.54) is 4.90 Å². The van der Waals surface area contributed by atoms with Gasteiger partial charge in [-0.05, 0) is 25.1 Å². The van der Waals surface area contributed by atoms with E-state index in [4.69, 9.17) is 0 Å². The smallest absolute Gasteiger partial charge is 0.241 e. The maximum atomic E-state index is 11.7. The molecule has 0 aliphatic carbocycles. The van der Waals surface area contributed by atoms with Crippen LogP contribution in [0.15, 0.2) is 47.6 Å². The molecule has 0 fully saturated rings. The van der Waals surface area contributed by atoms with Gasteiger partial charge in [-0.25, -0.2) is 9.67 Å². The van der Waals surface area contributed by atoms with E-state index in [1.54, 1.807) is 14.1 Å². The van der Waals surface area contributed by atoms with Crippen LogP contribution in [0.25, 0.3) is 5.69 Å². The molecular weight excluding hydrogens is 304 g/mol. The molecule has 0 spiro atoms. The Morgan fingerprint density at radius 2 is 1.96 bits per heavy atom. The molecular formula is C17H24N6O. The van der Waals surface area contributed by atoms with E-state index < -0.39 is 0 Å². The second-order valence-electron chi connectivity index (χ2n) is 5.42. The van der Waals surface area contributed by atoms with Gasteiger partial charge in [0.25, 0.3) is 0 Å². The lowest BCUT2D eigenvalue weighted by Gasteiger charge is -2.13. The van der Waals surface area contributed by atoms with E-state index >= 15 is 0 Å². The summed E-state index contributed by atoms with van der Waals surface area (Å²) in [6, 6.07) is 11.9. The van der Waals surface area contributed by atoms with Crippen molar-refractivity contribution in [1.29, 1.82) is 0 Å². The minimum atomic E-state index is -0.00559. The molecule has 1 heterocycles. The number of para-hydroxylation sites is 1. The van der Waals surface area contributed by atoms with E-state index in [0.717, 1.165) is 17.9 Å². The van der Waals surface area contributed by atoms with E-state index in [0.29, 0.717) is 12.5 Å². The summed E-state index contributed by atoms with van der Waals surface area (Å²) >= 11 is 0. The number of rotatable bonds is 6. The van der Waals surface area contributed by atoms with E-state index in [9.17, 15) is 4.79 Å². The van der Waals surface area contributed by atoms with Gasteiger partial charge in [-0.15, -0.1) is 0 Å². The Morgan fingerprint density at radius 3 is 2.62 bits per heavy atom. The average molecular weight is 328 g/mol. The first-order valence-corrected chi connectivity index (χ1v) is 7.92. The van der Waals surface area contributed by atoms with Crippen LogP contribution in [0.3, 0.4) is 0 Å². The average Bonchev–Trinajstić information content (AvgIpc) is 3.06. The molecule has 1 amide bonds. The number of aliphatic imine (C=N–C) groups is 1. The molecule has 24 heavy (non-hydrogen) atoms. The summed E-state index contributed by atoms with van der Waals surface area (Å²) in [5.74, 6) is 0.593. The van der Waals surface area contributed by atoms with E-state index in [1.807, 2.05) is 54.2 Å². The van der Waals surface area contributed by atoms with Gasteiger partial charge in [0.15, 0.2) is 5.96 Å². The van der Waals surface area contributed by atoms with Gasteiger partial charge in [-0.2, -0.15) is 5.10 Å². The van der Waals surface area contributed by atoms with Crippen molar-refractivity contribution >= 4 is 11.9 Å². The molecule has 2 N–H and O–H groups in total. The zero-order valence-corrected chi connectivity index (χ0v) is 14.4. The number of amides is 1. The van der Waals surface area contributed by atoms with Crippen molar-refractivity contribution in [3.8, 4) is 5.69 Å². The minimum Gasteiger partial charge on any atom is -0.357 e. The zero-order chi connectivity index (χ0) is 17.4. The van der Waals surface area contributed by atoms with Crippen LogP contribution in [0.5, 0.6) is 0 Å². The van der Waals surface area contributed by atoms with Crippen LogP contribution in [0, 0.1) is 0 Å². The molecule has 1 aromatic carbocycles. The van der Waals surface area contributed by atoms with E-state index in [2.05, 4.69) is 20.7 Å². The number of hydrogen-bond acceptors (Lipinski definition) is 3. The van der Waals surface area contributed by atoms with Gasteiger partial charge in [0.2, 0.25) is 5.91 Å². The van der Waals surface area contributed by atoms with Crippen LogP contribution in [0.2, 0.25) is 0 Å². The number of guanidine groups is 1. The van der Waals surface area contributed by atoms with Crippen molar-refractivity contribution in [3.05, 3.63) is 48.3 Å². The number of hydrogen-bond donors (Lipinski definition) is 2. The lowest BCUT2D eigenvalue weighted by Crippen LogP contribution is -2.42. The topological polar surface area (TPSA) is 74.5 Å². The van der Waals surface area contributed by atoms with Crippen LogP contribution in [-0.2, 0) is 11.3 Å². The number of benzene rings is 1. The second kappa shape index (κ2) is 8.71. The van der Waals surface area contributed by atoms with Crippen LogP contribution in [-0.4, -0.2) is 53.7 Å². The third-order valence-corrected chi connectivity index (χ3v) is 3.31. The van der Waals surface area contributed by atoms with Gasteiger partial charge < -0.3 is 15.5 Å². The molecule has 7 nitrogen and oxygen atoms in total. The van der Waals surface area contributed by atoms with Crippen molar-refractivity contribution in [1.82, 2.24) is 25.3 Å². The van der Waals surface area contributed by atoms with Gasteiger partial charge in [0.1, 0.15) is 0 Å². The SMILES string of the molecule is CCNC(=NCc1ccn(-c2ccccc2)n1)NCC(=O)N(C)C. The molecule has 0 unspecified atom stereocenters. The molecule has 0 aliphatic heterocycles. The molecule has 0 saturated carbocycles. The predicted octanol–water partition coefficient (Wildman–Crippen LogP) is 1.02.